The SMILES string of the molecule is COc1ccc(N2CCC(NC(=O)CSc3cccc4cccc(Cl)c34)CC2)cc1. The fraction of sp³-hybridized carbons (Fsp3) is 0.292. The van der Waals surface area contributed by atoms with Gasteiger partial charge in [0.05, 0.1) is 12.9 Å². The van der Waals surface area contributed by atoms with Crippen LogP contribution in [0.2, 0.25) is 5.02 Å². The van der Waals surface area contributed by atoms with E-state index in [2.05, 4.69) is 22.3 Å². The van der Waals surface area contributed by atoms with Gasteiger partial charge in [-0.3, -0.25) is 4.79 Å². The summed E-state index contributed by atoms with van der Waals surface area (Å²) in [6.45, 7) is 1.87. The standard InChI is InChI=1S/C24H25ClN2O2S/c1-29-20-10-8-19(9-11-20)27-14-12-18(13-15-27)26-23(28)16-30-22-7-3-5-17-4-2-6-21(25)24(17)22/h2-11,18H,12-16H2,1H3,(H,26,28). The minimum Gasteiger partial charge on any atom is -0.497 e. The number of piperidine rings is 1. The van der Waals surface area contributed by atoms with Crippen LogP contribution in [0.4, 0.5) is 5.69 Å². The third-order valence-electron chi connectivity index (χ3n) is 5.47. The smallest absolute Gasteiger partial charge is 0.230 e. The summed E-state index contributed by atoms with van der Waals surface area (Å²) >= 11 is 7.93. The van der Waals surface area contributed by atoms with Crippen molar-refractivity contribution >= 4 is 45.7 Å². The molecule has 1 amide bonds. The highest BCUT2D eigenvalue weighted by Crippen LogP contribution is 2.33. The van der Waals surface area contributed by atoms with E-state index in [0.717, 1.165) is 52.4 Å². The first kappa shape index (κ1) is 20.9. The Kier molecular flexibility index (Phi) is 6.70. The van der Waals surface area contributed by atoms with Crippen molar-refractivity contribution in [3.05, 3.63) is 65.7 Å². The zero-order valence-electron chi connectivity index (χ0n) is 16.9. The second-order valence-corrected chi connectivity index (χ2v) is 8.83. The van der Waals surface area contributed by atoms with Crippen molar-refractivity contribution in [2.24, 2.45) is 0 Å². The predicted molar refractivity (Wildman–Crippen MR) is 126 cm³/mol. The van der Waals surface area contributed by atoms with E-state index in [-0.39, 0.29) is 11.9 Å². The van der Waals surface area contributed by atoms with E-state index >= 15 is 0 Å². The van der Waals surface area contributed by atoms with Gasteiger partial charge in [0.15, 0.2) is 0 Å². The summed E-state index contributed by atoms with van der Waals surface area (Å²) in [5, 5.41) is 6.04. The van der Waals surface area contributed by atoms with Crippen molar-refractivity contribution in [2.75, 3.05) is 30.9 Å². The summed E-state index contributed by atoms with van der Waals surface area (Å²) in [7, 11) is 1.68. The molecule has 1 aliphatic heterocycles. The summed E-state index contributed by atoms with van der Waals surface area (Å²) in [4.78, 5) is 15.9. The first-order valence-corrected chi connectivity index (χ1v) is 11.5. The van der Waals surface area contributed by atoms with Gasteiger partial charge < -0.3 is 15.0 Å². The molecule has 0 unspecified atom stereocenters. The lowest BCUT2D eigenvalue weighted by atomic mass is 10.0. The molecule has 0 aliphatic carbocycles. The number of halogens is 1. The molecular formula is C24H25ClN2O2S. The van der Waals surface area contributed by atoms with Crippen molar-refractivity contribution in [1.82, 2.24) is 5.32 Å². The molecule has 0 bridgehead atoms. The van der Waals surface area contributed by atoms with Crippen LogP contribution in [0.5, 0.6) is 5.75 Å². The minimum absolute atomic E-state index is 0.0759. The number of ether oxygens (including phenoxy) is 1. The lowest BCUT2D eigenvalue weighted by molar-refractivity contribution is -0.119. The monoisotopic (exact) mass is 440 g/mol. The summed E-state index contributed by atoms with van der Waals surface area (Å²) in [5.74, 6) is 1.33. The van der Waals surface area contributed by atoms with Gasteiger partial charge in [0.25, 0.3) is 0 Å². The van der Waals surface area contributed by atoms with Gasteiger partial charge >= 0.3 is 0 Å². The molecule has 4 nitrogen and oxygen atoms in total. The lowest BCUT2D eigenvalue weighted by Crippen LogP contribution is -2.45. The second kappa shape index (κ2) is 9.63. The van der Waals surface area contributed by atoms with Gasteiger partial charge in [-0.1, -0.05) is 35.9 Å². The van der Waals surface area contributed by atoms with Crippen molar-refractivity contribution in [2.45, 2.75) is 23.8 Å². The minimum atomic E-state index is 0.0759. The number of benzene rings is 3. The number of nitrogens with zero attached hydrogens (tertiary/aromatic N) is 1. The van der Waals surface area contributed by atoms with E-state index in [1.807, 2.05) is 48.5 Å². The Morgan fingerprint density at radius 3 is 2.50 bits per heavy atom. The molecule has 0 aromatic heterocycles. The molecule has 1 N–H and O–H groups in total. The molecule has 30 heavy (non-hydrogen) atoms. The van der Waals surface area contributed by atoms with Crippen molar-refractivity contribution < 1.29 is 9.53 Å². The molecule has 1 saturated heterocycles. The van der Waals surface area contributed by atoms with Crippen LogP contribution in [0.25, 0.3) is 10.8 Å². The van der Waals surface area contributed by atoms with Crippen LogP contribution in [0.1, 0.15) is 12.8 Å². The topological polar surface area (TPSA) is 41.6 Å². The molecule has 0 spiro atoms. The maximum absolute atomic E-state index is 12.5. The predicted octanol–water partition coefficient (Wildman–Crippen LogP) is 5.38. The van der Waals surface area contributed by atoms with Crippen LogP contribution in [0.3, 0.4) is 0 Å². The van der Waals surface area contributed by atoms with Crippen LogP contribution in [-0.4, -0.2) is 37.9 Å². The maximum atomic E-state index is 12.5. The Labute approximate surface area is 186 Å². The summed E-state index contributed by atoms with van der Waals surface area (Å²) in [6.07, 6.45) is 1.89. The van der Waals surface area contributed by atoms with E-state index in [4.69, 9.17) is 16.3 Å². The van der Waals surface area contributed by atoms with Gasteiger partial charge in [-0.05, 0) is 54.6 Å². The highest BCUT2D eigenvalue weighted by molar-refractivity contribution is 8.00. The number of anilines is 1. The first-order valence-electron chi connectivity index (χ1n) is 10.1. The van der Waals surface area contributed by atoms with Gasteiger partial charge in [0.2, 0.25) is 5.91 Å². The number of rotatable bonds is 6. The Hall–Kier alpha value is -2.37. The average molecular weight is 441 g/mol. The van der Waals surface area contributed by atoms with Crippen LogP contribution < -0.4 is 15.0 Å². The van der Waals surface area contributed by atoms with Gasteiger partial charge in [-0.25, -0.2) is 0 Å². The van der Waals surface area contributed by atoms with E-state index in [0.29, 0.717) is 5.75 Å². The van der Waals surface area contributed by atoms with Gasteiger partial charge in [-0.15, -0.1) is 11.8 Å². The zero-order valence-corrected chi connectivity index (χ0v) is 18.5. The number of fused-ring (bicyclic) bond motifs is 1. The number of hydrogen-bond acceptors (Lipinski definition) is 4. The first-order chi connectivity index (χ1) is 14.6. The molecule has 6 heteroatoms. The van der Waals surface area contributed by atoms with Gasteiger partial charge in [0, 0.05) is 40.1 Å². The van der Waals surface area contributed by atoms with E-state index < -0.39 is 0 Å². The maximum Gasteiger partial charge on any atom is 0.230 e. The number of thioether (sulfide) groups is 1. The lowest BCUT2D eigenvalue weighted by Gasteiger charge is -2.34. The molecular weight excluding hydrogens is 416 g/mol. The van der Waals surface area contributed by atoms with E-state index in [1.165, 1.54) is 5.69 Å². The average Bonchev–Trinajstić information content (AvgIpc) is 2.78. The summed E-state index contributed by atoms with van der Waals surface area (Å²) in [5.41, 5.74) is 1.20. The molecule has 4 rings (SSSR count). The van der Waals surface area contributed by atoms with Crippen molar-refractivity contribution in [1.29, 1.82) is 0 Å². The summed E-state index contributed by atoms with van der Waals surface area (Å²) < 4.78 is 5.23. The fourth-order valence-electron chi connectivity index (χ4n) is 3.87. The molecule has 1 fully saturated rings. The van der Waals surface area contributed by atoms with E-state index in [9.17, 15) is 4.79 Å². The molecule has 0 radical (unpaired) electrons. The molecule has 1 aliphatic rings. The largest absolute Gasteiger partial charge is 0.497 e. The Bertz CT molecular complexity index is 1010. The van der Waals surface area contributed by atoms with Gasteiger partial charge in [0.1, 0.15) is 5.75 Å². The normalized spacial score (nSPS) is 14.7. The molecule has 0 saturated carbocycles. The second-order valence-electron chi connectivity index (χ2n) is 7.41. The van der Waals surface area contributed by atoms with Crippen LogP contribution in [0.15, 0.2) is 65.6 Å². The third-order valence-corrected chi connectivity index (χ3v) is 6.84. The zero-order chi connectivity index (χ0) is 20.9. The Morgan fingerprint density at radius 1 is 1.10 bits per heavy atom. The highest BCUT2D eigenvalue weighted by Gasteiger charge is 2.21. The Morgan fingerprint density at radius 2 is 1.80 bits per heavy atom. The van der Waals surface area contributed by atoms with Crippen LogP contribution in [0, 0.1) is 0 Å². The van der Waals surface area contributed by atoms with Crippen molar-refractivity contribution in [3.8, 4) is 5.75 Å². The molecule has 156 valence electrons. The van der Waals surface area contributed by atoms with Crippen LogP contribution in [-0.2, 0) is 4.79 Å². The number of amides is 1. The number of carbonyl (C=O) groups is 1. The fourth-order valence-corrected chi connectivity index (χ4v) is 5.13. The quantitative estimate of drug-likeness (QED) is 0.522. The molecule has 3 aromatic carbocycles. The third kappa shape index (κ3) is 4.85. The number of hydrogen-bond donors (Lipinski definition) is 1. The van der Waals surface area contributed by atoms with Gasteiger partial charge in [-0.2, -0.15) is 0 Å². The Balaban J connectivity index is 1.28. The number of carbonyl (C=O) groups excluding carboxylic acids is 1. The van der Waals surface area contributed by atoms with Crippen LogP contribution >= 0.6 is 23.4 Å². The van der Waals surface area contributed by atoms with Crippen molar-refractivity contribution in [3.63, 3.8) is 0 Å². The van der Waals surface area contributed by atoms with E-state index in [1.54, 1.807) is 18.9 Å². The highest BCUT2D eigenvalue weighted by atomic mass is 35.5. The molecule has 0 atom stereocenters. The number of methoxy groups -OCH3 is 1. The summed E-state index contributed by atoms with van der Waals surface area (Å²) in [6, 6.07) is 20.3. The number of nitrogens with one attached hydrogen (secondary N) is 1. The molecule has 3 aromatic rings. The molecule has 1 heterocycles.